The topological polar surface area (TPSA) is 38.0 Å². The van der Waals surface area contributed by atoms with E-state index in [2.05, 4.69) is 66.0 Å². The van der Waals surface area contributed by atoms with Crippen molar-refractivity contribution >= 4 is 5.91 Å². The number of benzene rings is 2. The van der Waals surface area contributed by atoms with E-state index in [0.29, 0.717) is 6.04 Å². The van der Waals surface area contributed by atoms with Crippen molar-refractivity contribution in [2.45, 2.75) is 13.0 Å². The van der Waals surface area contributed by atoms with E-state index in [1.165, 1.54) is 11.1 Å². The molecule has 1 saturated heterocycles. The van der Waals surface area contributed by atoms with Gasteiger partial charge in [0.25, 0.3) is 0 Å². The number of rotatable bonds is 6. The molecule has 0 aromatic heterocycles. The molecule has 132 valence electrons. The van der Waals surface area contributed by atoms with Gasteiger partial charge in [-0.15, -0.1) is 0 Å². The third-order valence-electron chi connectivity index (χ3n) is 5.13. The summed E-state index contributed by atoms with van der Waals surface area (Å²) >= 11 is 0. The second-order valence-corrected chi connectivity index (χ2v) is 6.90. The molecule has 2 aromatic carbocycles. The second-order valence-electron chi connectivity index (χ2n) is 6.90. The Kier molecular flexibility index (Phi) is 6.20. The normalized spacial score (nSPS) is 20.4. The molecule has 25 heavy (non-hydrogen) atoms. The summed E-state index contributed by atoms with van der Waals surface area (Å²) in [5.74, 6) is 0.0666. The monoisotopic (exact) mass is 339 g/mol. The van der Waals surface area contributed by atoms with Gasteiger partial charge in [0.2, 0.25) is 5.91 Å². The molecule has 4 nitrogen and oxygen atoms in total. The third kappa shape index (κ3) is 4.91. The summed E-state index contributed by atoms with van der Waals surface area (Å²) in [4.78, 5) is 14.3. The van der Waals surface area contributed by atoms with Crippen molar-refractivity contribution in [1.29, 1.82) is 0 Å². The molecule has 1 fully saturated rings. The van der Waals surface area contributed by atoms with E-state index in [1.54, 1.807) is 16.7 Å². The maximum absolute atomic E-state index is 11.0. The summed E-state index contributed by atoms with van der Waals surface area (Å²) in [6.07, 6.45) is 0. The van der Waals surface area contributed by atoms with Gasteiger partial charge in [-0.05, 0) is 0 Å². The Balaban J connectivity index is 1.66. The van der Waals surface area contributed by atoms with Crippen molar-refractivity contribution in [3.63, 3.8) is 0 Å². The van der Waals surface area contributed by atoms with Gasteiger partial charge in [0.15, 0.2) is 0 Å². The Labute approximate surface area is 150 Å². The summed E-state index contributed by atoms with van der Waals surface area (Å²) in [6.45, 7) is 8.01. The standard InChI is InChI=1S/C21H27N3O/c1-18(25)22-12-13-23-14-16-24(17-15-23)21(19-8-4-2-5-9-19)20-10-6-3-7-11-20/h2-11,21H,12-17H2,1H3,(H,22,25)/p+2. The van der Waals surface area contributed by atoms with E-state index >= 15 is 0 Å². The van der Waals surface area contributed by atoms with Crippen LogP contribution in [0, 0.1) is 0 Å². The predicted molar refractivity (Wildman–Crippen MR) is 99.7 cm³/mol. The lowest BCUT2D eigenvalue weighted by Crippen LogP contribution is -3.28. The van der Waals surface area contributed by atoms with Crippen molar-refractivity contribution in [2.24, 2.45) is 0 Å². The molecule has 0 radical (unpaired) electrons. The van der Waals surface area contributed by atoms with Gasteiger partial charge in [0, 0.05) is 18.1 Å². The zero-order valence-corrected chi connectivity index (χ0v) is 15.0. The van der Waals surface area contributed by atoms with Gasteiger partial charge in [-0.25, -0.2) is 0 Å². The van der Waals surface area contributed by atoms with Crippen molar-refractivity contribution in [2.75, 3.05) is 39.3 Å². The maximum Gasteiger partial charge on any atom is 0.217 e. The van der Waals surface area contributed by atoms with Crippen LogP contribution in [0.1, 0.15) is 24.1 Å². The first-order chi connectivity index (χ1) is 12.2. The molecule has 3 N–H and O–H groups in total. The molecule has 0 atom stereocenters. The summed E-state index contributed by atoms with van der Waals surface area (Å²) < 4.78 is 0. The van der Waals surface area contributed by atoms with E-state index in [9.17, 15) is 4.79 Å². The molecule has 3 rings (SSSR count). The van der Waals surface area contributed by atoms with Crippen LogP contribution < -0.4 is 15.1 Å². The van der Waals surface area contributed by atoms with Gasteiger partial charge < -0.3 is 15.1 Å². The molecule has 4 heteroatoms. The highest BCUT2D eigenvalue weighted by atomic mass is 16.1. The van der Waals surface area contributed by atoms with Crippen LogP contribution in [0.5, 0.6) is 0 Å². The maximum atomic E-state index is 11.0. The Morgan fingerprint density at radius 3 is 1.92 bits per heavy atom. The van der Waals surface area contributed by atoms with Crippen molar-refractivity contribution < 1.29 is 14.6 Å². The number of quaternary nitrogens is 2. The quantitative estimate of drug-likeness (QED) is 0.664. The summed E-state index contributed by atoms with van der Waals surface area (Å²) in [6, 6.07) is 22.1. The van der Waals surface area contributed by atoms with E-state index in [4.69, 9.17) is 0 Å². The Hall–Kier alpha value is -2.17. The molecule has 2 aromatic rings. The Morgan fingerprint density at radius 2 is 1.44 bits per heavy atom. The van der Waals surface area contributed by atoms with Gasteiger partial charge in [0.05, 0.1) is 13.1 Å². The van der Waals surface area contributed by atoms with E-state index in [0.717, 1.165) is 39.3 Å². The molecule has 1 amide bonds. The van der Waals surface area contributed by atoms with Crippen LogP contribution in [0.3, 0.4) is 0 Å². The molecule has 1 heterocycles. The van der Waals surface area contributed by atoms with Gasteiger partial charge in [-0.1, -0.05) is 60.7 Å². The number of carbonyl (C=O) groups excluding carboxylic acids is 1. The first-order valence-corrected chi connectivity index (χ1v) is 9.26. The number of hydrogen-bond donors (Lipinski definition) is 3. The van der Waals surface area contributed by atoms with Crippen molar-refractivity contribution in [3.8, 4) is 0 Å². The fourth-order valence-electron chi connectivity index (χ4n) is 3.83. The fraction of sp³-hybridized carbons (Fsp3) is 0.381. The van der Waals surface area contributed by atoms with Crippen LogP contribution in [-0.4, -0.2) is 45.2 Å². The number of amides is 1. The Morgan fingerprint density at radius 1 is 0.920 bits per heavy atom. The van der Waals surface area contributed by atoms with Crippen LogP contribution in [0.25, 0.3) is 0 Å². The Bertz CT molecular complexity index is 612. The molecule has 0 aliphatic carbocycles. The molecule has 0 unspecified atom stereocenters. The SMILES string of the molecule is CC(=O)NCC[NH+]1CC[NH+](C(c2ccccc2)c2ccccc2)CC1. The lowest BCUT2D eigenvalue weighted by atomic mass is 9.96. The van der Waals surface area contributed by atoms with Crippen LogP contribution >= 0.6 is 0 Å². The first-order valence-electron chi connectivity index (χ1n) is 9.26. The highest BCUT2D eigenvalue weighted by Gasteiger charge is 2.31. The highest BCUT2D eigenvalue weighted by Crippen LogP contribution is 2.18. The third-order valence-corrected chi connectivity index (χ3v) is 5.13. The van der Waals surface area contributed by atoms with Crippen LogP contribution in [0.2, 0.25) is 0 Å². The smallest absolute Gasteiger partial charge is 0.217 e. The predicted octanol–water partition coefficient (Wildman–Crippen LogP) is -0.304. The second kappa shape index (κ2) is 8.79. The lowest BCUT2D eigenvalue weighted by Gasteiger charge is -2.35. The average molecular weight is 339 g/mol. The van der Waals surface area contributed by atoms with Crippen molar-refractivity contribution in [3.05, 3.63) is 71.8 Å². The molecule has 1 aliphatic rings. The lowest BCUT2D eigenvalue weighted by molar-refractivity contribution is -1.02. The zero-order chi connectivity index (χ0) is 17.5. The molecule has 0 spiro atoms. The molecular formula is C21H29N3O+2. The van der Waals surface area contributed by atoms with E-state index in [-0.39, 0.29) is 5.91 Å². The zero-order valence-electron chi connectivity index (χ0n) is 15.0. The van der Waals surface area contributed by atoms with Crippen molar-refractivity contribution in [1.82, 2.24) is 5.32 Å². The summed E-state index contributed by atoms with van der Waals surface area (Å²) in [5.41, 5.74) is 2.79. The minimum atomic E-state index is 0.0666. The number of carbonyl (C=O) groups is 1. The highest BCUT2D eigenvalue weighted by molar-refractivity contribution is 5.72. The van der Waals surface area contributed by atoms with E-state index in [1.807, 2.05) is 0 Å². The van der Waals surface area contributed by atoms with Crippen LogP contribution in [-0.2, 0) is 4.79 Å². The fourth-order valence-corrected chi connectivity index (χ4v) is 3.83. The first kappa shape index (κ1) is 17.6. The number of hydrogen-bond acceptors (Lipinski definition) is 1. The van der Waals surface area contributed by atoms with Gasteiger partial charge in [-0.3, -0.25) is 4.79 Å². The molecule has 0 bridgehead atoms. The van der Waals surface area contributed by atoms with Crippen LogP contribution in [0.4, 0.5) is 0 Å². The van der Waals surface area contributed by atoms with E-state index < -0.39 is 0 Å². The minimum absolute atomic E-state index is 0.0666. The average Bonchev–Trinajstić information content (AvgIpc) is 2.65. The van der Waals surface area contributed by atoms with Gasteiger partial charge >= 0.3 is 0 Å². The molecular weight excluding hydrogens is 310 g/mol. The molecule has 1 aliphatic heterocycles. The number of nitrogens with one attached hydrogen (secondary N) is 3. The molecule has 0 saturated carbocycles. The summed E-state index contributed by atoms with van der Waals surface area (Å²) in [7, 11) is 0. The minimum Gasteiger partial charge on any atom is -0.351 e. The van der Waals surface area contributed by atoms with Gasteiger partial charge in [0.1, 0.15) is 32.2 Å². The van der Waals surface area contributed by atoms with Gasteiger partial charge in [-0.2, -0.15) is 0 Å². The van der Waals surface area contributed by atoms with Crippen LogP contribution in [0.15, 0.2) is 60.7 Å². The summed E-state index contributed by atoms with van der Waals surface area (Å²) in [5, 5.41) is 2.91. The largest absolute Gasteiger partial charge is 0.351 e. The number of piperazine rings is 1.